The highest BCUT2D eigenvalue weighted by Crippen LogP contribution is 2.38. The van der Waals surface area contributed by atoms with Crippen LogP contribution in [0.15, 0.2) is 0 Å². The Morgan fingerprint density at radius 2 is 2.40 bits per heavy atom. The SMILES string of the molecule is Cc1nc(C2(C)CCCO2)sc1CCN. The Labute approximate surface area is 94.7 Å². The molecule has 2 heterocycles. The van der Waals surface area contributed by atoms with Gasteiger partial charge < -0.3 is 10.5 Å². The summed E-state index contributed by atoms with van der Waals surface area (Å²) in [4.78, 5) is 5.93. The van der Waals surface area contributed by atoms with Crippen LogP contribution in [0.4, 0.5) is 0 Å². The van der Waals surface area contributed by atoms with Crippen molar-refractivity contribution in [2.24, 2.45) is 5.73 Å². The lowest BCUT2D eigenvalue weighted by Crippen LogP contribution is -2.19. The average Bonchev–Trinajstić information content (AvgIpc) is 2.76. The monoisotopic (exact) mass is 226 g/mol. The van der Waals surface area contributed by atoms with Gasteiger partial charge in [-0.1, -0.05) is 0 Å². The highest BCUT2D eigenvalue weighted by atomic mass is 32.1. The molecular formula is C11H18N2OS. The molecule has 0 saturated carbocycles. The van der Waals surface area contributed by atoms with Crippen molar-refractivity contribution in [1.29, 1.82) is 0 Å². The first kappa shape index (κ1) is 11.0. The van der Waals surface area contributed by atoms with Crippen molar-refractivity contribution in [1.82, 2.24) is 4.98 Å². The first-order valence-corrected chi connectivity index (χ1v) is 6.28. The van der Waals surface area contributed by atoms with Crippen LogP contribution in [0.5, 0.6) is 0 Å². The lowest BCUT2D eigenvalue weighted by molar-refractivity contribution is 0.0166. The minimum atomic E-state index is -0.137. The third-order valence-corrected chi connectivity index (χ3v) is 4.40. The Hall–Kier alpha value is -0.450. The molecule has 1 unspecified atom stereocenters. The molecule has 1 saturated heterocycles. The van der Waals surface area contributed by atoms with Crippen molar-refractivity contribution in [3.05, 3.63) is 15.6 Å². The molecule has 0 spiro atoms. The van der Waals surface area contributed by atoms with E-state index in [1.165, 1.54) is 4.88 Å². The number of nitrogens with zero attached hydrogens (tertiary/aromatic N) is 1. The predicted molar refractivity (Wildman–Crippen MR) is 62.1 cm³/mol. The van der Waals surface area contributed by atoms with E-state index >= 15 is 0 Å². The largest absolute Gasteiger partial charge is 0.368 e. The molecule has 1 atom stereocenters. The molecule has 0 aliphatic carbocycles. The third-order valence-electron chi connectivity index (χ3n) is 2.94. The summed E-state index contributed by atoms with van der Waals surface area (Å²) in [6.45, 7) is 5.76. The number of hydrogen-bond donors (Lipinski definition) is 1. The minimum Gasteiger partial charge on any atom is -0.368 e. The van der Waals surface area contributed by atoms with E-state index in [9.17, 15) is 0 Å². The molecule has 1 aliphatic rings. The van der Waals surface area contributed by atoms with Crippen LogP contribution in [0.25, 0.3) is 0 Å². The zero-order valence-corrected chi connectivity index (χ0v) is 10.2. The summed E-state index contributed by atoms with van der Waals surface area (Å²) in [5.74, 6) is 0. The first-order valence-electron chi connectivity index (χ1n) is 5.46. The molecule has 0 radical (unpaired) electrons. The number of aromatic nitrogens is 1. The van der Waals surface area contributed by atoms with Gasteiger partial charge in [0.05, 0.1) is 5.69 Å². The number of nitrogens with two attached hydrogens (primary N) is 1. The van der Waals surface area contributed by atoms with Crippen LogP contribution in [-0.2, 0) is 16.8 Å². The van der Waals surface area contributed by atoms with E-state index in [4.69, 9.17) is 10.5 Å². The molecule has 4 heteroatoms. The fraction of sp³-hybridized carbons (Fsp3) is 0.727. The van der Waals surface area contributed by atoms with Gasteiger partial charge in [-0.15, -0.1) is 11.3 Å². The van der Waals surface area contributed by atoms with E-state index in [-0.39, 0.29) is 5.60 Å². The molecule has 84 valence electrons. The second-order valence-corrected chi connectivity index (χ2v) is 5.33. The standard InChI is InChI=1S/C11H18N2OS/c1-8-9(4-6-12)15-10(13-8)11(2)5-3-7-14-11/h3-7,12H2,1-2H3. The lowest BCUT2D eigenvalue weighted by Gasteiger charge is -2.19. The molecule has 1 aromatic heterocycles. The van der Waals surface area contributed by atoms with Crippen molar-refractivity contribution >= 4 is 11.3 Å². The van der Waals surface area contributed by atoms with Gasteiger partial charge in [-0.2, -0.15) is 0 Å². The topological polar surface area (TPSA) is 48.1 Å². The van der Waals surface area contributed by atoms with Gasteiger partial charge in [-0.05, 0) is 39.7 Å². The normalized spacial score (nSPS) is 26.1. The fourth-order valence-corrected chi connectivity index (χ4v) is 3.17. The first-order chi connectivity index (χ1) is 7.15. The molecule has 2 N–H and O–H groups in total. The van der Waals surface area contributed by atoms with Gasteiger partial charge in [0.1, 0.15) is 10.6 Å². The molecule has 3 nitrogen and oxygen atoms in total. The van der Waals surface area contributed by atoms with Crippen LogP contribution < -0.4 is 5.73 Å². The summed E-state index contributed by atoms with van der Waals surface area (Å²) >= 11 is 1.76. The van der Waals surface area contributed by atoms with Crippen LogP contribution in [0, 0.1) is 6.92 Å². The van der Waals surface area contributed by atoms with E-state index in [1.807, 2.05) is 0 Å². The highest BCUT2D eigenvalue weighted by molar-refractivity contribution is 7.11. The maximum Gasteiger partial charge on any atom is 0.125 e. The third kappa shape index (κ3) is 2.07. The number of rotatable bonds is 3. The van der Waals surface area contributed by atoms with Crippen molar-refractivity contribution in [2.45, 2.75) is 38.7 Å². The van der Waals surface area contributed by atoms with Crippen LogP contribution in [0.1, 0.15) is 35.3 Å². The van der Waals surface area contributed by atoms with Crippen molar-refractivity contribution < 1.29 is 4.74 Å². The maximum absolute atomic E-state index is 5.79. The molecule has 1 aliphatic heterocycles. The molecule has 15 heavy (non-hydrogen) atoms. The highest BCUT2D eigenvalue weighted by Gasteiger charge is 2.35. The van der Waals surface area contributed by atoms with Gasteiger partial charge in [0.15, 0.2) is 0 Å². The van der Waals surface area contributed by atoms with Crippen LogP contribution in [0.3, 0.4) is 0 Å². The second kappa shape index (κ2) is 4.20. The van der Waals surface area contributed by atoms with Crippen LogP contribution in [-0.4, -0.2) is 18.1 Å². The molecule has 0 amide bonds. The molecular weight excluding hydrogens is 208 g/mol. The smallest absolute Gasteiger partial charge is 0.125 e. The summed E-state index contributed by atoms with van der Waals surface area (Å²) < 4.78 is 5.79. The Kier molecular flexibility index (Phi) is 3.09. The van der Waals surface area contributed by atoms with Crippen molar-refractivity contribution in [3.63, 3.8) is 0 Å². The number of thiazole rings is 1. The van der Waals surface area contributed by atoms with Gasteiger partial charge in [0.2, 0.25) is 0 Å². The number of aryl methyl sites for hydroxylation is 1. The summed E-state index contributed by atoms with van der Waals surface area (Å²) in [5.41, 5.74) is 6.56. The zero-order chi connectivity index (χ0) is 10.9. The summed E-state index contributed by atoms with van der Waals surface area (Å²) in [6, 6.07) is 0. The molecule has 1 aromatic rings. The van der Waals surface area contributed by atoms with Gasteiger partial charge in [-0.3, -0.25) is 0 Å². The average molecular weight is 226 g/mol. The van der Waals surface area contributed by atoms with Crippen LogP contribution in [0.2, 0.25) is 0 Å². The van der Waals surface area contributed by atoms with Gasteiger partial charge in [0.25, 0.3) is 0 Å². The molecule has 1 fully saturated rings. The molecule has 0 aromatic carbocycles. The number of hydrogen-bond acceptors (Lipinski definition) is 4. The summed E-state index contributed by atoms with van der Waals surface area (Å²) in [5, 5.41) is 1.13. The van der Waals surface area contributed by atoms with Gasteiger partial charge in [0, 0.05) is 11.5 Å². The summed E-state index contributed by atoms with van der Waals surface area (Å²) in [6.07, 6.45) is 3.16. The molecule has 0 bridgehead atoms. The van der Waals surface area contributed by atoms with Gasteiger partial charge in [-0.25, -0.2) is 4.98 Å². The zero-order valence-electron chi connectivity index (χ0n) is 9.38. The van der Waals surface area contributed by atoms with E-state index in [0.717, 1.165) is 36.6 Å². The Morgan fingerprint density at radius 3 is 3.00 bits per heavy atom. The quantitative estimate of drug-likeness (QED) is 0.857. The Morgan fingerprint density at radius 1 is 1.60 bits per heavy atom. The Bertz CT molecular complexity index is 342. The van der Waals surface area contributed by atoms with Gasteiger partial charge >= 0.3 is 0 Å². The van der Waals surface area contributed by atoms with Crippen molar-refractivity contribution in [2.75, 3.05) is 13.2 Å². The van der Waals surface area contributed by atoms with E-state index in [2.05, 4.69) is 18.8 Å². The van der Waals surface area contributed by atoms with E-state index in [0.29, 0.717) is 6.54 Å². The summed E-state index contributed by atoms with van der Waals surface area (Å²) in [7, 11) is 0. The minimum absolute atomic E-state index is 0.137. The van der Waals surface area contributed by atoms with Crippen molar-refractivity contribution in [3.8, 4) is 0 Å². The van der Waals surface area contributed by atoms with E-state index < -0.39 is 0 Å². The van der Waals surface area contributed by atoms with Crippen LogP contribution >= 0.6 is 11.3 Å². The predicted octanol–water partition coefficient (Wildman–Crippen LogP) is 1.98. The molecule has 2 rings (SSSR count). The fourth-order valence-electron chi connectivity index (χ4n) is 1.97. The second-order valence-electron chi connectivity index (χ2n) is 4.25. The number of ether oxygens (including phenoxy) is 1. The Balaban J connectivity index is 2.25. The lowest BCUT2D eigenvalue weighted by atomic mass is 10.0. The maximum atomic E-state index is 5.79. The van der Waals surface area contributed by atoms with E-state index in [1.54, 1.807) is 11.3 Å².